The number of aliphatic hydroxyl groups is 1. The summed E-state index contributed by atoms with van der Waals surface area (Å²) in [5, 5.41) is 10.5. The van der Waals surface area contributed by atoms with Gasteiger partial charge in [0.15, 0.2) is 0 Å². The van der Waals surface area contributed by atoms with Crippen molar-refractivity contribution in [3.05, 3.63) is 37.0 Å². The summed E-state index contributed by atoms with van der Waals surface area (Å²) >= 11 is 0. The number of rotatable bonds is 5. The van der Waals surface area contributed by atoms with Gasteiger partial charge in [-0.05, 0) is 61.9 Å². The molecule has 0 aromatic heterocycles. The lowest BCUT2D eigenvalue weighted by molar-refractivity contribution is -0.168. The number of allylic oxidation sites excluding steroid dienone is 1. The number of carbonyl (C=O) groups excluding carboxylic acids is 1. The van der Waals surface area contributed by atoms with E-state index in [0.29, 0.717) is 12.0 Å². The largest absolute Gasteiger partial charge is 0.469 e. The monoisotopic (exact) mass is 332 g/mol. The fourth-order valence-electron chi connectivity index (χ4n) is 5.37. The molecule has 0 saturated heterocycles. The van der Waals surface area contributed by atoms with E-state index in [9.17, 15) is 9.90 Å². The second-order valence-corrected chi connectivity index (χ2v) is 8.10. The number of methoxy groups -OCH3 is 1. The van der Waals surface area contributed by atoms with Crippen LogP contribution in [-0.2, 0) is 9.53 Å². The maximum atomic E-state index is 12.5. The van der Waals surface area contributed by atoms with Crippen molar-refractivity contribution in [1.82, 2.24) is 0 Å². The molecule has 2 aliphatic carbocycles. The lowest BCUT2D eigenvalue weighted by Crippen LogP contribution is -2.54. The molecule has 24 heavy (non-hydrogen) atoms. The van der Waals surface area contributed by atoms with Crippen molar-refractivity contribution in [3.8, 4) is 0 Å². The van der Waals surface area contributed by atoms with Crippen molar-refractivity contribution in [1.29, 1.82) is 0 Å². The Hall–Kier alpha value is -1.35. The van der Waals surface area contributed by atoms with E-state index in [1.165, 1.54) is 12.7 Å². The Morgan fingerprint density at radius 1 is 1.46 bits per heavy atom. The zero-order chi connectivity index (χ0) is 18.1. The van der Waals surface area contributed by atoms with Crippen LogP contribution in [-0.4, -0.2) is 24.3 Å². The molecule has 5 atom stereocenters. The summed E-state index contributed by atoms with van der Waals surface area (Å²) in [6.45, 7) is 16.2. The maximum absolute atomic E-state index is 12.5. The molecule has 134 valence electrons. The molecule has 0 aliphatic heterocycles. The van der Waals surface area contributed by atoms with Gasteiger partial charge in [0, 0.05) is 0 Å². The van der Waals surface area contributed by atoms with Crippen molar-refractivity contribution < 1.29 is 14.6 Å². The molecule has 0 spiro atoms. The number of carbonyl (C=O) groups is 1. The van der Waals surface area contributed by atoms with E-state index in [-0.39, 0.29) is 23.2 Å². The molecule has 2 rings (SSSR count). The van der Waals surface area contributed by atoms with Crippen molar-refractivity contribution in [3.63, 3.8) is 0 Å². The van der Waals surface area contributed by atoms with Crippen LogP contribution in [0.3, 0.4) is 0 Å². The molecule has 0 aromatic rings. The zero-order valence-corrected chi connectivity index (χ0v) is 15.4. The molecule has 2 aliphatic rings. The Balaban J connectivity index is 2.35. The Bertz CT molecular complexity index is 549. The predicted octanol–water partition coefficient (Wildman–Crippen LogP) is 4.43. The highest BCUT2D eigenvalue weighted by Crippen LogP contribution is 2.62. The fraction of sp³-hybridized carbons (Fsp3) is 0.667. The standard InChI is InChI=1S/C21H32O3/c1-7-14(2)17(22)13-16-15(3)9-10-18-20(16,4)11-8-12-21(18,5)19(23)24-6/h7,16-18,22H,1-3,8-13H2,4-6H3. The minimum absolute atomic E-state index is 0.0427. The minimum atomic E-state index is -0.605. The SMILES string of the molecule is C=CC(=C)C(O)CC1C(=C)CCC2C(C)(C(=O)OC)CCCC12C. The van der Waals surface area contributed by atoms with Crippen LogP contribution >= 0.6 is 0 Å². The Morgan fingerprint density at radius 3 is 2.71 bits per heavy atom. The van der Waals surface area contributed by atoms with Crippen molar-refractivity contribution in [2.24, 2.45) is 22.7 Å². The van der Waals surface area contributed by atoms with Crippen LogP contribution in [0.1, 0.15) is 52.4 Å². The summed E-state index contributed by atoms with van der Waals surface area (Å²) in [5.41, 5.74) is 1.36. The Kier molecular flexibility index (Phi) is 5.44. The number of hydrogen-bond donors (Lipinski definition) is 1. The van der Waals surface area contributed by atoms with Gasteiger partial charge in [0.25, 0.3) is 0 Å². The second kappa shape index (κ2) is 6.87. The second-order valence-electron chi connectivity index (χ2n) is 8.10. The van der Waals surface area contributed by atoms with Gasteiger partial charge >= 0.3 is 5.97 Å². The molecule has 3 heteroatoms. The minimum Gasteiger partial charge on any atom is -0.469 e. The first-order valence-corrected chi connectivity index (χ1v) is 8.96. The molecule has 3 nitrogen and oxygen atoms in total. The van der Waals surface area contributed by atoms with Crippen LogP contribution < -0.4 is 0 Å². The third-order valence-electron chi connectivity index (χ3n) is 6.82. The average molecular weight is 332 g/mol. The van der Waals surface area contributed by atoms with Gasteiger partial charge in [0.05, 0.1) is 18.6 Å². The van der Waals surface area contributed by atoms with E-state index in [4.69, 9.17) is 4.74 Å². The number of ether oxygens (including phenoxy) is 1. The summed E-state index contributed by atoms with van der Waals surface area (Å²) in [4.78, 5) is 12.5. The first-order valence-electron chi connectivity index (χ1n) is 8.96. The highest BCUT2D eigenvalue weighted by molar-refractivity contribution is 5.77. The summed E-state index contributed by atoms with van der Waals surface area (Å²) < 4.78 is 5.15. The lowest BCUT2D eigenvalue weighted by atomic mass is 9.46. The number of esters is 1. The fourth-order valence-corrected chi connectivity index (χ4v) is 5.37. The first-order chi connectivity index (χ1) is 11.2. The quantitative estimate of drug-likeness (QED) is 0.460. The van der Waals surface area contributed by atoms with Crippen molar-refractivity contribution >= 4 is 5.97 Å². The highest BCUT2D eigenvalue weighted by Gasteiger charge is 2.57. The molecule has 2 fully saturated rings. The van der Waals surface area contributed by atoms with E-state index < -0.39 is 11.5 Å². The molecular weight excluding hydrogens is 300 g/mol. The third-order valence-corrected chi connectivity index (χ3v) is 6.82. The smallest absolute Gasteiger partial charge is 0.311 e. The molecule has 0 bridgehead atoms. The van der Waals surface area contributed by atoms with Crippen LogP contribution in [0.5, 0.6) is 0 Å². The molecule has 2 saturated carbocycles. The highest BCUT2D eigenvalue weighted by atomic mass is 16.5. The zero-order valence-electron chi connectivity index (χ0n) is 15.4. The first kappa shape index (κ1) is 19.0. The average Bonchev–Trinajstić information content (AvgIpc) is 2.56. The van der Waals surface area contributed by atoms with Gasteiger partial charge in [-0.15, -0.1) is 0 Å². The van der Waals surface area contributed by atoms with Crippen LogP contribution in [0.2, 0.25) is 0 Å². The van der Waals surface area contributed by atoms with Crippen molar-refractivity contribution in [2.75, 3.05) is 7.11 Å². The predicted molar refractivity (Wildman–Crippen MR) is 97.4 cm³/mol. The van der Waals surface area contributed by atoms with Crippen LogP contribution in [0, 0.1) is 22.7 Å². The summed E-state index contributed by atoms with van der Waals surface area (Å²) in [7, 11) is 1.48. The molecule has 0 amide bonds. The lowest BCUT2D eigenvalue weighted by Gasteiger charge is -2.57. The summed E-state index contributed by atoms with van der Waals surface area (Å²) in [6, 6.07) is 0. The van der Waals surface area contributed by atoms with Gasteiger partial charge in [-0.1, -0.05) is 44.7 Å². The summed E-state index contributed by atoms with van der Waals surface area (Å²) in [6.07, 6.45) is 6.43. The van der Waals surface area contributed by atoms with Gasteiger partial charge in [0.2, 0.25) is 0 Å². The summed E-state index contributed by atoms with van der Waals surface area (Å²) in [5.74, 6) is 0.346. The number of hydrogen-bond acceptors (Lipinski definition) is 3. The van der Waals surface area contributed by atoms with E-state index in [2.05, 4.69) is 33.6 Å². The molecule has 0 heterocycles. The van der Waals surface area contributed by atoms with Gasteiger partial charge in [-0.3, -0.25) is 4.79 Å². The van der Waals surface area contributed by atoms with Gasteiger partial charge in [0.1, 0.15) is 0 Å². The molecular formula is C21H32O3. The topological polar surface area (TPSA) is 46.5 Å². The molecule has 0 aromatic carbocycles. The van der Waals surface area contributed by atoms with Gasteiger partial charge in [-0.25, -0.2) is 0 Å². The molecule has 5 unspecified atom stereocenters. The number of fused-ring (bicyclic) bond motifs is 1. The van der Waals surface area contributed by atoms with E-state index >= 15 is 0 Å². The van der Waals surface area contributed by atoms with Gasteiger partial charge < -0.3 is 9.84 Å². The Labute approximate surface area is 146 Å². The van der Waals surface area contributed by atoms with E-state index in [1.54, 1.807) is 6.08 Å². The van der Waals surface area contributed by atoms with Crippen molar-refractivity contribution in [2.45, 2.75) is 58.5 Å². The van der Waals surface area contributed by atoms with E-state index in [0.717, 1.165) is 32.1 Å². The van der Waals surface area contributed by atoms with Gasteiger partial charge in [-0.2, -0.15) is 0 Å². The van der Waals surface area contributed by atoms with Crippen LogP contribution in [0.15, 0.2) is 37.0 Å². The molecule has 1 N–H and O–H groups in total. The van der Waals surface area contributed by atoms with E-state index in [1.807, 2.05) is 0 Å². The maximum Gasteiger partial charge on any atom is 0.311 e. The third kappa shape index (κ3) is 2.99. The Morgan fingerprint density at radius 2 is 2.12 bits per heavy atom. The number of aliphatic hydroxyl groups excluding tert-OH is 1. The normalized spacial score (nSPS) is 37.2. The molecule has 0 radical (unpaired) electrons. The van der Waals surface area contributed by atoms with Crippen LogP contribution in [0.25, 0.3) is 0 Å². The van der Waals surface area contributed by atoms with Crippen LogP contribution in [0.4, 0.5) is 0 Å².